The summed E-state index contributed by atoms with van der Waals surface area (Å²) in [6.07, 6.45) is 0. The molecule has 0 fully saturated rings. The van der Waals surface area contributed by atoms with Crippen LogP contribution in [0.5, 0.6) is 0 Å². The third-order valence-corrected chi connectivity index (χ3v) is 10.0. The van der Waals surface area contributed by atoms with Gasteiger partial charge in [0.05, 0.1) is 41.2 Å². The molecule has 57 heavy (non-hydrogen) atoms. The zero-order valence-electron chi connectivity index (χ0n) is 43.3. The van der Waals surface area contributed by atoms with E-state index in [1.54, 1.807) is 12.1 Å². The topological polar surface area (TPSA) is 69.9 Å². The summed E-state index contributed by atoms with van der Waals surface area (Å²) >= 11 is 0. The van der Waals surface area contributed by atoms with E-state index in [0.717, 1.165) is 26.5 Å². The van der Waals surface area contributed by atoms with Crippen LogP contribution in [-0.2, 0) is 0 Å². The summed E-state index contributed by atoms with van der Waals surface area (Å²) in [4.78, 5) is 14.7. The fourth-order valence-corrected chi connectivity index (χ4v) is 7.48. The molecule has 4 aromatic heterocycles. The molecule has 0 bridgehead atoms. The first-order valence-corrected chi connectivity index (χ1v) is 17.9. The third-order valence-electron chi connectivity index (χ3n) is 10.0. The molecule has 0 saturated heterocycles. The number of rotatable bonds is 5. The van der Waals surface area contributed by atoms with Crippen LogP contribution >= 0.6 is 0 Å². The molecule has 0 unspecified atom stereocenters. The van der Waals surface area contributed by atoms with Crippen LogP contribution in [0.2, 0.25) is 0 Å². The standard InChI is InChI=1S/C51H30N4O2/c1-2-13-31(14-3-1)32-15-10-16-33(29-32)49-52-50(54-51(53-49)41-23-12-22-38-36-19-5-8-25-44(36)56-47(38)41)34-17-11-18-35(30-34)55-42-24-7-4-21-40(42)46-43(55)28-27-39-37-20-6-9-26-45(37)57-48(39)46/h1-30H/i4D,6D,7D,9D,11D,17D,18D,20D,21D,24D,26D,27D,28D,30D. The maximum absolute atomic E-state index is 10.0. The second kappa shape index (κ2) is 12.3. The van der Waals surface area contributed by atoms with Gasteiger partial charge in [-0.1, -0.05) is 127 Å². The van der Waals surface area contributed by atoms with Crippen LogP contribution in [0.15, 0.2) is 190 Å². The second-order valence-electron chi connectivity index (χ2n) is 13.3. The quantitative estimate of drug-likeness (QED) is 0.175. The summed E-state index contributed by atoms with van der Waals surface area (Å²) in [5.74, 6) is -0.0928. The maximum atomic E-state index is 10.0. The van der Waals surface area contributed by atoms with Gasteiger partial charge >= 0.3 is 0 Å². The van der Waals surface area contributed by atoms with Gasteiger partial charge in [0.15, 0.2) is 17.5 Å². The Hall–Kier alpha value is -7.83. The zero-order valence-corrected chi connectivity index (χ0v) is 29.3. The lowest BCUT2D eigenvalue weighted by Gasteiger charge is -2.12. The number of hydrogen-bond donors (Lipinski definition) is 0. The smallest absolute Gasteiger partial charge is 0.167 e. The summed E-state index contributed by atoms with van der Waals surface area (Å²) in [6, 6.07) is 20.8. The Morgan fingerprint density at radius 2 is 1.16 bits per heavy atom. The first-order valence-electron chi connectivity index (χ1n) is 24.9. The van der Waals surface area contributed by atoms with Crippen LogP contribution in [0.25, 0.3) is 117 Å². The molecule has 0 aliphatic heterocycles. The van der Waals surface area contributed by atoms with Gasteiger partial charge in [0.2, 0.25) is 0 Å². The Kier molecular flexibility index (Phi) is 4.49. The highest BCUT2D eigenvalue weighted by Crippen LogP contribution is 2.41. The normalized spacial score (nSPS) is 15.3. The van der Waals surface area contributed by atoms with Crippen molar-refractivity contribution in [1.82, 2.24) is 19.5 Å². The molecule has 0 amide bonds. The lowest BCUT2D eigenvalue weighted by atomic mass is 10.0. The van der Waals surface area contributed by atoms with Gasteiger partial charge in [0, 0.05) is 43.7 Å². The number of fused-ring (bicyclic) bond motifs is 10. The van der Waals surface area contributed by atoms with Gasteiger partial charge in [0.1, 0.15) is 22.3 Å². The molecule has 12 aromatic rings. The molecule has 6 heteroatoms. The average Bonchev–Trinajstić information content (AvgIpc) is 4.09. The molecular formula is C51H30N4O2. The summed E-state index contributed by atoms with van der Waals surface area (Å²) in [5, 5.41) is 0.665. The van der Waals surface area contributed by atoms with Crippen LogP contribution in [0.1, 0.15) is 19.2 Å². The molecule has 12 rings (SSSR count). The lowest BCUT2D eigenvalue weighted by molar-refractivity contribution is 0.669. The molecule has 266 valence electrons. The van der Waals surface area contributed by atoms with E-state index in [2.05, 4.69) is 0 Å². The van der Waals surface area contributed by atoms with E-state index in [-0.39, 0.29) is 66.8 Å². The highest BCUT2D eigenvalue weighted by molar-refractivity contribution is 6.23. The number of benzene rings is 8. The third kappa shape index (κ3) is 4.94. The van der Waals surface area contributed by atoms with E-state index in [9.17, 15) is 11.0 Å². The van der Waals surface area contributed by atoms with Gasteiger partial charge in [-0.2, -0.15) is 0 Å². The summed E-state index contributed by atoms with van der Waals surface area (Å²) < 4.78 is 141. The van der Waals surface area contributed by atoms with Crippen LogP contribution in [0, 0.1) is 0 Å². The monoisotopic (exact) mass is 744 g/mol. The summed E-state index contributed by atoms with van der Waals surface area (Å²) in [5.41, 5.74) is 1.45. The number of nitrogens with zero attached hydrogens (tertiary/aromatic N) is 4. The molecule has 0 aliphatic carbocycles. The Balaban J connectivity index is 1.21. The molecule has 6 nitrogen and oxygen atoms in total. The zero-order chi connectivity index (χ0) is 49.6. The van der Waals surface area contributed by atoms with E-state index in [4.69, 9.17) is 32.0 Å². The van der Waals surface area contributed by atoms with Crippen LogP contribution in [0.3, 0.4) is 0 Å². The summed E-state index contributed by atoms with van der Waals surface area (Å²) in [6.45, 7) is 0. The van der Waals surface area contributed by atoms with Gasteiger partial charge in [-0.25, -0.2) is 15.0 Å². The van der Waals surface area contributed by atoms with Crippen LogP contribution < -0.4 is 0 Å². The van der Waals surface area contributed by atoms with Gasteiger partial charge in [-0.15, -0.1) is 0 Å². The van der Waals surface area contributed by atoms with Crippen LogP contribution in [0.4, 0.5) is 0 Å². The SMILES string of the molecule is [2H]c1c([2H])c(-c2nc(-c3cccc(-c4ccccc4)c3)nc(-c3cccc4c3oc3ccccc34)n2)c([2H])c(-n2c3c([2H])c([2H])c([2H])c([2H])c3c3c4oc5c([2H])c([2H])c([2H])c([2H])c5c4c([2H])c([2H])c32)c1[2H]. The van der Waals surface area contributed by atoms with Crippen molar-refractivity contribution in [1.29, 1.82) is 0 Å². The molecule has 4 heterocycles. The Morgan fingerprint density at radius 3 is 2.09 bits per heavy atom. The van der Waals surface area contributed by atoms with Crippen molar-refractivity contribution in [2.75, 3.05) is 0 Å². The van der Waals surface area contributed by atoms with E-state index < -0.39 is 90.3 Å². The van der Waals surface area contributed by atoms with Gasteiger partial charge in [-0.05, 0) is 65.6 Å². The minimum atomic E-state index is -0.748. The minimum Gasteiger partial charge on any atom is -0.455 e. The number of para-hydroxylation sites is 4. The Bertz CT molecular complexity index is 4360. The number of aromatic nitrogens is 4. The maximum Gasteiger partial charge on any atom is 0.167 e. The largest absolute Gasteiger partial charge is 0.455 e. The highest BCUT2D eigenvalue weighted by Gasteiger charge is 2.21. The first-order chi connectivity index (χ1) is 34.1. The summed E-state index contributed by atoms with van der Waals surface area (Å²) in [7, 11) is 0. The predicted octanol–water partition coefficient (Wildman–Crippen LogP) is 13.4. The fourth-order valence-electron chi connectivity index (χ4n) is 7.48. The van der Waals surface area contributed by atoms with E-state index in [1.165, 1.54) is 0 Å². The fraction of sp³-hybridized carbons (Fsp3) is 0. The molecule has 0 spiro atoms. The van der Waals surface area contributed by atoms with Crippen molar-refractivity contribution in [2.24, 2.45) is 0 Å². The van der Waals surface area contributed by atoms with Gasteiger partial charge < -0.3 is 13.4 Å². The molecular weight excluding hydrogens is 701 g/mol. The van der Waals surface area contributed by atoms with E-state index >= 15 is 0 Å². The Labute approximate surface area is 345 Å². The molecule has 0 radical (unpaired) electrons. The van der Waals surface area contributed by atoms with Gasteiger partial charge in [-0.3, -0.25) is 0 Å². The predicted molar refractivity (Wildman–Crippen MR) is 230 cm³/mol. The van der Waals surface area contributed by atoms with E-state index in [0.29, 0.717) is 22.3 Å². The average molecular weight is 745 g/mol. The number of furan rings is 2. The molecule has 0 aliphatic rings. The lowest BCUT2D eigenvalue weighted by Crippen LogP contribution is -2.01. The van der Waals surface area contributed by atoms with Crippen molar-refractivity contribution in [3.8, 4) is 51.0 Å². The molecule has 0 saturated carbocycles. The van der Waals surface area contributed by atoms with Crippen molar-refractivity contribution >= 4 is 65.7 Å². The Morgan fingerprint density at radius 1 is 0.439 bits per heavy atom. The van der Waals surface area contributed by atoms with Crippen molar-refractivity contribution in [3.05, 3.63) is 182 Å². The molecule has 8 aromatic carbocycles. The molecule has 0 N–H and O–H groups in total. The molecule has 0 atom stereocenters. The van der Waals surface area contributed by atoms with Gasteiger partial charge in [0.25, 0.3) is 0 Å². The van der Waals surface area contributed by atoms with E-state index in [1.807, 2.05) is 84.9 Å². The van der Waals surface area contributed by atoms with Crippen LogP contribution in [-0.4, -0.2) is 19.5 Å². The van der Waals surface area contributed by atoms with Crippen molar-refractivity contribution in [2.45, 2.75) is 0 Å². The van der Waals surface area contributed by atoms with Crippen molar-refractivity contribution < 1.29 is 28.0 Å². The van der Waals surface area contributed by atoms with Crippen molar-refractivity contribution in [3.63, 3.8) is 0 Å². The first kappa shape index (κ1) is 20.7. The highest BCUT2D eigenvalue weighted by atomic mass is 16.3. The minimum absolute atomic E-state index is 0.0707. The number of hydrogen-bond acceptors (Lipinski definition) is 5. The second-order valence-corrected chi connectivity index (χ2v) is 13.3.